The average molecular weight is 798 g/mol. The summed E-state index contributed by atoms with van der Waals surface area (Å²) < 4.78 is 8.58. The first-order chi connectivity index (χ1) is 21.9. The second-order valence-corrected chi connectivity index (χ2v) is 13.9. The Labute approximate surface area is 291 Å². The van der Waals surface area contributed by atoms with Gasteiger partial charge in [-0.05, 0) is 64.7 Å². The molecule has 0 spiro atoms. The van der Waals surface area contributed by atoms with Gasteiger partial charge < -0.3 is 19.1 Å². The molecule has 0 atom stereocenters. The number of para-hydroxylation sites is 1. The summed E-state index contributed by atoms with van der Waals surface area (Å²) in [5.74, 6) is 1.81. The smallest absolute Gasteiger partial charge is 0.135 e. The van der Waals surface area contributed by atoms with Crippen LogP contribution in [0.4, 0.5) is 22.7 Å². The van der Waals surface area contributed by atoms with Crippen molar-refractivity contribution >= 4 is 44.6 Å². The third kappa shape index (κ3) is 5.90. The van der Waals surface area contributed by atoms with Gasteiger partial charge >= 0.3 is 0 Å². The molecule has 0 fully saturated rings. The van der Waals surface area contributed by atoms with Crippen LogP contribution in [0, 0.1) is 25.4 Å². The zero-order valence-electron chi connectivity index (χ0n) is 27.6. The molecule has 0 N–H and O–H groups in total. The van der Waals surface area contributed by atoms with Crippen molar-refractivity contribution < 1.29 is 25.8 Å². The molecule has 7 rings (SSSR count). The van der Waals surface area contributed by atoms with Crippen LogP contribution >= 0.6 is 0 Å². The largest absolute Gasteiger partial charge is 0.510 e. The van der Waals surface area contributed by atoms with Gasteiger partial charge in [-0.2, -0.15) is 12.7 Å². The van der Waals surface area contributed by atoms with Crippen LogP contribution in [-0.4, -0.2) is 16.6 Å². The van der Waals surface area contributed by atoms with E-state index >= 15 is 0 Å². The van der Waals surface area contributed by atoms with E-state index in [1.165, 1.54) is 11.1 Å². The van der Waals surface area contributed by atoms with Crippen LogP contribution < -0.4 is 14.5 Å². The van der Waals surface area contributed by atoms with Crippen LogP contribution in [0.25, 0.3) is 32.5 Å². The van der Waals surface area contributed by atoms with Crippen LogP contribution in [0.2, 0.25) is 0 Å². The Hall–Kier alpha value is -4.59. The number of hydrogen-bond donors (Lipinski definition) is 0. The second kappa shape index (κ2) is 11.9. The van der Waals surface area contributed by atoms with Crippen LogP contribution in [0.5, 0.6) is 11.5 Å². The molecular weight excluding hydrogens is 762 g/mol. The van der Waals surface area contributed by atoms with Gasteiger partial charge in [-0.25, -0.2) is 4.98 Å². The van der Waals surface area contributed by atoms with E-state index in [4.69, 9.17) is 16.3 Å². The fourth-order valence-corrected chi connectivity index (χ4v) is 6.03. The first-order valence-corrected chi connectivity index (χ1v) is 15.5. The maximum Gasteiger partial charge on any atom is 0.135 e. The summed E-state index contributed by atoms with van der Waals surface area (Å²) in [6.07, 6.45) is 1.87. The Balaban J connectivity index is 0.00000386. The summed E-state index contributed by atoms with van der Waals surface area (Å²) in [6.45, 7) is 23.1. The summed E-state index contributed by atoms with van der Waals surface area (Å²) >= 11 is 0. The Bertz CT molecular complexity index is 2180. The SMILES string of the molecule is [C-]#[N+]c1cc(Oc2[c-]c3c(cc2)c2ccccc2n3-c2cc(C(C)(C)C)ccn2)[c-]c(N2[CH-]N(C)c3cc(C(C)(C)C)ccc32)c1.[Pt]. The Morgan fingerprint density at radius 1 is 0.787 bits per heavy atom. The van der Waals surface area contributed by atoms with Crippen molar-refractivity contribution in [3.63, 3.8) is 0 Å². The molecule has 0 aliphatic carbocycles. The third-order valence-corrected chi connectivity index (χ3v) is 8.59. The molecule has 4 aromatic carbocycles. The monoisotopic (exact) mass is 797 g/mol. The zero-order valence-corrected chi connectivity index (χ0v) is 29.9. The van der Waals surface area contributed by atoms with Gasteiger partial charge in [0.2, 0.25) is 0 Å². The van der Waals surface area contributed by atoms with Crippen molar-refractivity contribution in [2.24, 2.45) is 0 Å². The number of hydrogen-bond acceptors (Lipinski definition) is 4. The zero-order chi connectivity index (χ0) is 32.4. The first-order valence-electron chi connectivity index (χ1n) is 15.5. The number of rotatable bonds is 4. The van der Waals surface area contributed by atoms with Gasteiger partial charge in [0.15, 0.2) is 0 Å². The number of fused-ring (bicyclic) bond motifs is 4. The van der Waals surface area contributed by atoms with E-state index in [0.717, 1.165) is 44.7 Å². The molecule has 1 aliphatic rings. The van der Waals surface area contributed by atoms with Gasteiger partial charge in [0.25, 0.3) is 0 Å². The van der Waals surface area contributed by atoms with E-state index < -0.39 is 0 Å². The molecule has 6 nitrogen and oxygen atoms in total. The summed E-state index contributed by atoms with van der Waals surface area (Å²) in [5, 5.41) is 2.18. The summed E-state index contributed by atoms with van der Waals surface area (Å²) in [6, 6.07) is 33.6. The maximum atomic E-state index is 7.82. The number of ether oxygens (including phenoxy) is 1. The number of benzene rings is 4. The number of nitrogens with zero attached hydrogens (tertiary/aromatic N) is 5. The Morgan fingerprint density at radius 2 is 1.53 bits per heavy atom. The molecule has 0 radical (unpaired) electrons. The van der Waals surface area contributed by atoms with Crippen molar-refractivity contribution in [2.75, 3.05) is 16.8 Å². The predicted octanol–water partition coefficient (Wildman–Crippen LogP) is 10.4. The fourth-order valence-electron chi connectivity index (χ4n) is 6.03. The molecule has 6 aromatic rings. The minimum atomic E-state index is -0.0210. The molecule has 47 heavy (non-hydrogen) atoms. The van der Waals surface area contributed by atoms with E-state index in [1.54, 1.807) is 6.07 Å². The Kier molecular flexibility index (Phi) is 8.18. The molecule has 0 saturated heterocycles. The third-order valence-electron chi connectivity index (χ3n) is 8.59. The summed E-state index contributed by atoms with van der Waals surface area (Å²) in [4.78, 5) is 12.7. The number of aromatic nitrogens is 2. The van der Waals surface area contributed by atoms with Gasteiger partial charge in [0.05, 0.1) is 12.3 Å². The fraction of sp³-hybridized carbons (Fsp3) is 0.225. The first kappa shape index (κ1) is 32.4. The van der Waals surface area contributed by atoms with Crippen LogP contribution in [0.15, 0.2) is 85.1 Å². The maximum absolute atomic E-state index is 7.82. The topological polar surface area (TPSA) is 37.9 Å². The summed E-state index contributed by atoms with van der Waals surface area (Å²) in [7, 11) is 2.04. The molecule has 3 heterocycles. The molecule has 0 amide bonds. The van der Waals surface area contributed by atoms with Gasteiger partial charge in [-0.1, -0.05) is 71.3 Å². The van der Waals surface area contributed by atoms with E-state index in [1.807, 2.05) is 38.1 Å². The molecule has 7 heteroatoms. The minimum Gasteiger partial charge on any atom is -0.510 e. The standard InChI is InChI=1S/C40H36N5O.Pt/c1-39(2,3)26-13-16-35-37(19-26)43(8)25-44(35)29-21-28(41-7)22-31(23-29)46-30-14-15-33-32-11-9-10-12-34(32)45(36(33)24-30)38-20-27(17-18-42-38)40(4,5)6;/h9-22,25H,1-6,8H3;/q-3;. The van der Waals surface area contributed by atoms with Crippen molar-refractivity contribution in [1.82, 2.24) is 9.55 Å². The van der Waals surface area contributed by atoms with E-state index in [0.29, 0.717) is 17.2 Å². The van der Waals surface area contributed by atoms with Crippen molar-refractivity contribution in [2.45, 2.75) is 52.4 Å². The molecule has 1 aliphatic heterocycles. The predicted molar refractivity (Wildman–Crippen MR) is 188 cm³/mol. The van der Waals surface area contributed by atoms with Gasteiger partial charge in [-0.15, -0.1) is 41.4 Å². The van der Waals surface area contributed by atoms with Crippen molar-refractivity contribution in [3.05, 3.63) is 126 Å². The molecule has 240 valence electrons. The molecule has 0 saturated carbocycles. The van der Waals surface area contributed by atoms with Crippen molar-refractivity contribution in [3.8, 4) is 17.3 Å². The Morgan fingerprint density at radius 3 is 2.28 bits per heavy atom. The second-order valence-electron chi connectivity index (χ2n) is 13.9. The molecular formula is C40H36N5OPt-3. The van der Waals surface area contributed by atoms with E-state index in [-0.39, 0.29) is 31.9 Å². The van der Waals surface area contributed by atoms with Crippen molar-refractivity contribution in [1.29, 1.82) is 0 Å². The number of anilines is 3. The van der Waals surface area contributed by atoms with E-state index in [2.05, 4.69) is 127 Å². The van der Waals surface area contributed by atoms with E-state index in [9.17, 15) is 0 Å². The molecule has 0 bridgehead atoms. The van der Waals surface area contributed by atoms with Gasteiger partial charge in [0.1, 0.15) is 5.82 Å². The molecule has 2 aromatic heterocycles. The average Bonchev–Trinajstić information content (AvgIpc) is 3.54. The quantitative estimate of drug-likeness (QED) is 0.167. The van der Waals surface area contributed by atoms with Crippen LogP contribution in [0.1, 0.15) is 52.7 Å². The number of pyridine rings is 1. The minimum absolute atomic E-state index is 0. The van der Waals surface area contributed by atoms with Gasteiger partial charge in [-0.3, -0.25) is 4.85 Å². The molecule has 0 unspecified atom stereocenters. The van der Waals surface area contributed by atoms with Crippen LogP contribution in [-0.2, 0) is 31.9 Å². The van der Waals surface area contributed by atoms with Gasteiger partial charge in [0, 0.05) is 55.7 Å². The van der Waals surface area contributed by atoms with Crippen LogP contribution in [0.3, 0.4) is 0 Å². The normalized spacial score (nSPS) is 13.1. The summed E-state index contributed by atoms with van der Waals surface area (Å²) in [5.41, 5.74) is 7.74.